The minimum atomic E-state index is -0.540. The third kappa shape index (κ3) is 4.40. The molecule has 0 aromatic carbocycles. The second kappa shape index (κ2) is 7.54. The van der Waals surface area contributed by atoms with Crippen molar-refractivity contribution in [2.24, 2.45) is 5.92 Å². The number of ether oxygens (including phenoxy) is 1. The van der Waals surface area contributed by atoms with Crippen LogP contribution in [0, 0.1) is 5.92 Å². The van der Waals surface area contributed by atoms with Gasteiger partial charge in [0.1, 0.15) is 11.7 Å². The van der Waals surface area contributed by atoms with Gasteiger partial charge in [0.2, 0.25) is 0 Å². The van der Waals surface area contributed by atoms with E-state index in [1.54, 1.807) is 6.92 Å². The molecule has 0 rings (SSSR count). The topological polar surface area (TPSA) is 43.4 Å². The van der Waals surface area contributed by atoms with Crippen LogP contribution >= 0.6 is 0 Å². The van der Waals surface area contributed by atoms with Crippen molar-refractivity contribution in [3.8, 4) is 0 Å². The molecule has 0 aliphatic heterocycles. The molecule has 0 aromatic heterocycles. The molecule has 0 aliphatic carbocycles. The van der Waals surface area contributed by atoms with Crippen LogP contribution in [0.25, 0.3) is 0 Å². The van der Waals surface area contributed by atoms with Crippen LogP contribution in [0.3, 0.4) is 0 Å². The zero-order valence-electron chi connectivity index (χ0n) is 9.34. The van der Waals surface area contributed by atoms with Gasteiger partial charge in [-0.25, -0.2) is 0 Å². The SMILES string of the molecule is CCCCC(=O)C(CC)C(=O)OCC. The summed E-state index contributed by atoms with van der Waals surface area (Å²) >= 11 is 0. The van der Waals surface area contributed by atoms with Gasteiger partial charge < -0.3 is 4.74 Å². The third-order valence-corrected chi connectivity index (χ3v) is 2.14. The quantitative estimate of drug-likeness (QED) is 0.468. The predicted molar refractivity (Wildman–Crippen MR) is 54.9 cm³/mol. The van der Waals surface area contributed by atoms with Gasteiger partial charge in [-0.1, -0.05) is 20.3 Å². The molecule has 0 N–H and O–H groups in total. The fourth-order valence-electron chi connectivity index (χ4n) is 1.29. The van der Waals surface area contributed by atoms with Gasteiger partial charge in [0.05, 0.1) is 6.61 Å². The number of rotatable bonds is 7. The lowest BCUT2D eigenvalue weighted by molar-refractivity contribution is -0.151. The van der Waals surface area contributed by atoms with Crippen LogP contribution in [0.15, 0.2) is 0 Å². The first-order valence-corrected chi connectivity index (χ1v) is 5.36. The van der Waals surface area contributed by atoms with E-state index >= 15 is 0 Å². The van der Waals surface area contributed by atoms with E-state index in [0.717, 1.165) is 12.8 Å². The van der Waals surface area contributed by atoms with E-state index in [4.69, 9.17) is 4.74 Å². The Morgan fingerprint density at radius 3 is 2.29 bits per heavy atom. The van der Waals surface area contributed by atoms with Gasteiger partial charge in [-0.2, -0.15) is 0 Å². The van der Waals surface area contributed by atoms with E-state index in [9.17, 15) is 9.59 Å². The Hall–Kier alpha value is -0.860. The van der Waals surface area contributed by atoms with Gasteiger partial charge in [0.15, 0.2) is 0 Å². The van der Waals surface area contributed by atoms with E-state index in [-0.39, 0.29) is 11.8 Å². The third-order valence-electron chi connectivity index (χ3n) is 2.14. The van der Waals surface area contributed by atoms with Crippen molar-refractivity contribution in [2.45, 2.75) is 46.5 Å². The summed E-state index contributed by atoms with van der Waals surface area (Å²) in [6.07, 6.45) is 2.87. The Morgan fingerprint density at radius 2 is 1.86 bits per heavy atom. The normalized spacial score (nSPS) is 12.2. The first-order valence-electron chi connectivity index (χ1n) is 5.36. The molecule has 82 valence electrons. The minimum absolute atomic E-state index is 0.0211. The number of hydrogen-bond donors (Lipinski definition) is 0. The van der Waals surface area contributed by atoms with Gasteiger partial charge in [-0.15, -0.1) is 0 Å². The first-order chi connectivity index (χ1) is 6.67. The maximum atomic E-state index is 11.5. The van der Waals surface area contributed by atoms with Crippen LogP contribution in [0.5, 0.6) is 0 Å². The van der Waals surface area contributed by atoms with Crippen molar-refractivity contribution in [1.82, 2.24) is 0 Å². The van der Waals surface area contributed by atoms with Crippen LogP contribution in [0.2, 0.25) is 0 Å². The summed E-state index contributed by atoms with van der Waals surface area (Å²) in [5.74, 6) is -0.884. The van der Waals surface area contributed by atoms with Crippen LogP contribution in [-0.2, 0) is 14.3 Å². The van der Waals surface area contributed by atoms with Crippen molar-refractivity contribution in [1.29, 1.82) is 0 Å². The van der Waals surface area contributed by atoms with E-state index in [2.05, 4.69) is 0 Å². The fourth-order valence-corrected chi connectivity index (χ4v) is 1.29. The molecule has 3 nitrogen and oxygen atoms in total. The number of hydrogen-bond acceptors (Lipinski definition) is 3. The Kier molecular flexibility index (Phi) is 7.07. The molecule has 0 heterocycles. The Bertz CT molecular complexity index is 187. The number of Topliss-reactive ketones (excluding diaryl/α,β-unsaturated/α-hetero) is 1. The van der Waals surface area contributed by atoms with Gasteiger partial charge in [0, 0.05) is 6.42 Å². The highest BCUT2D eigenvalue weighted by molar-refractivity contribution is 5.98. The molecule has 0 saturated carbocycles. The maximum Gasteiger partial charge on any atom is 0.316 e. The monoisotopic (exact) mass is 200 g/mol. The summed E-state index contributed by atoms with van der Waals surface area (Å²) in [5.41, 5.74) is 0. The highest BCUT2D eigenvalue weighted by Gasteiger charge is 2.24. The van der Waals surface area contributed by atoms with Crippen molar-refractivity contribution in [3.05, 3.63) is 0 Å². The van der Waals surface area contributed by atoms with Crippen molar-refractivity contribution in [2.75, 3.05) is 6.61 Å². The number of unbranched alkanes of at least 4 members (excludes halogenated alkanes) is 1. The van der Waals surface area contributed by atoms with Crippen LogP contribution in [-0.4, -0.2) is 18.4 Å². The lowest BCUT2D eigenvalue weighted by Crippen LogP contribution is -2.25. The predicted octanol–water partition coefficient (Wildman–Crippen LogP) is 2.33. The number of esters is 1. The molecule has 1 unspecified atom stereocenters. The van der Waals surface area contributed by atoms with Gasteiger partial charge in [-0.05, 0) is 19.8 Å². The van der Waals surface area contributed by atoms with E-state index in [1.807, 2.05) is 13.8 Å². The molecule has 1 atom stereocenters. The van der Waals surface area contributed by atoms with E-state index < -0.39 is 5.92 Å². The number of ketones is 1. The average Bonchev–Trinajstić information content (AvgIpc) is 2.16. The Balaban J connectivity index is 4.10. The summed E-state index contributed by atoms with van der Waals surface area (Å²) in [6.45, 7) is 5.96. The molecule has 0 bridgehead atoms. The fraction of sp³-hybridized carbons (Fsp3) is 0.818. The summed E-state index contributed by atoms with van der Waals surface area (Å²) in [5, 5.41) is 0. The number of carbonyl (C=O) groups excluding carboxylic acids is 2. The largest absolute Gasteiger partial charge is 0.465 e. The summed E-state index contributed by atoms with van der Waals surface area (Å²) in [7, 11) is 0. The lowest BCUT2D eigenvalue weighted by atomic mass is 9.97. The molecule has 0 saturated heterocycles. The second-order valence-electron chi connectivity index (χ2n) is 3.28. The van der Waals surface area contributed by atoms with E-state index in [1.165, 1.54) is 0 Å². The molecular weight excluding hydrogens is 180 g/mol. The highest BCUT2D eigenvalue weighted by Crippen LogP contribution is 2.11. The molecule has 0 aliphatic rings. The molecule has 0 radical (unpaired) electrons. The van der Waals surface area contributed by atoms with Gasteiger partial charge in [-0.3, -0.25) is 9.59 Å². The van der Waals surface area contributed by atoms with Crippen molar-refractivity contribution >= 4 is 11.8 Å². The average molecular weight is 200 g/mol. The smallest absolute Gasteiger partial charge is 0.316 e. The Morgan fingerprint density at radius 1 is 1.21 bits per heavy atom. The first kappa shape index (κ1) is 13.1. The molecule has 0 aromatic rings. The van der Waals surface area contributed by atoms with Crippen LogP contribution in [0.1, 0.15) is 46.5 Å². The van der Waals surface area contributed by atoms with Crippen molar-refractivity contribution < 1.29 is 14.3 Å². The van der Waals surface area contributed by atoms with Crippen LogP contribution in [0.4, 0.5) is 0 Å². The maximum absolute atomic E-state index is 11.5. The molecule has 14 heavy (non-hydrogen) atoms. The highest BCUT2D eigenvalue weighted by atomic mass is 16.5. The molecule has 0 spiro atoms. The molecule has 3 heteroatoms. The summed E-state index contributed by atoms with van der Waals surface area (Å²) < 4.78 is 4.84. The van der Waals surface area contributed by atoms with Gasteiger partial charge in [0.25, 0.3) is 0 Å². The second-order valence-corrected chi connectivity index (χ2v) is 3.28. The molecule has 0 fully saturated rings. The standard InChI is InChI=1S/C11H20O3/c1-4-7-8-10(12)9(5-2)11(13)14-6-3/h9H,4-8H2,1-3H3. The molecular formula is C11H20O3. The van der Waals surface area contributed by atoms with Gasteiger partial charge >= 0.3 is 5.97 Å². The summed E-state index contributed by atoms with van der Waals surface area (Å²) in [4.78, 5) is 22.9. The zero-order chi connectivity index (χ0) is 11.0. The molecule has 0 amide bonds. The van der Waals surface area contributed by atoms with Crippen molar-refractivity contribution in [3.63, 3.8) is 0 Å². The van der Waals surface area contributed by atoms with E-state index in [0.29, 0.717) is 19.4 Å². The zero-order valence-corrected chi connectivity index (χ0v) is 9.34. The van der Waals surface area contributed by atoms with Crippen LogP contribution < -0.4 is 0 Å². The lowest BCUT2D eigenvalue weighted by Gasteiger charge is -2.11. The Labute approximate surface area is 85.8 Å². The number of carbonyl (C=O) groups is 2. The minimum Gasteiger partial charge on any atom is -0.465 e. The summed E-state index contributed by atoms with van der Waals surface area (Å²) in [6, 6.07) is 0.